The van der Waals surface area contributed by atoms with Gasteiger partial charge in [-0.25, -0.2) is 0 Å². The van der Waals surface area contributed by atoms with E-state index in [-0.39, 0.29) is 0 Å². The van der Waals surface area contributed by atoms with Gasteiger partial charge < -0.3 is 4.57 Å². The number of hydrogen-bond donors (Lipinski definition) is 1. The van der Waals surface area contributed by atoms with Crippen LogP contribution < -0.4 is 0 Å². The van der Waals surface area contributed by atoms with Crippen LogP contribution in [0.3, 0.4) is 0 Å². The molecule has 0 spiro atoms. The van der Waals surface area contributed by atoms with Crippen LogP contribution in [0, 0.1) is 4.77 Å². The van der Waals surface area contributed by atoms with E-state index in [9.17, 15) is 0 Å². The quantitative estimate of drug-likeness (QED) is 0.776. The highest BCUT2D eigenvalue weighted by atomic mass is 32.1. The predicted octanol–water partition coefficient (Wildman–Crippen LogP) is 3.82. The summed E-state index contributed by atoms with van der Waals surface area (Å²) in [5.74, 6) is 1.50. The van der Waals surface area contributed by atoms with Crippen LogP contribution >= 0.6 is 12.2 Å². The number of hydrogen-bond acceptors (Lipinski definition) is 2. The average molecular weight is 227 g/mol. The van der Waals surface area contributed by atoms with Gasteiger partial charge in [0.15, 0.2) is 4.77 Å². The van der Waals surface area contributed by atoms with Crippen molar-refractivity contribution in [2.75, 3.05) is 0 Å². The Hall–Kier alpha value is -0.640. The smallest absolute Gasteiger partial charge is 0.195 e. The third kappa shape index (κ3) is 2.68. The van der Waals surface area contributed by atoms with Crippen molar-refractivity contribution in [2.45, 2.75) is 58.9 Å². The second-order valence-electron chi connectivity index (χ2n) is 4.26. The Morgan fingerprint density at radius 3 is 2.53 bits per heavy atom. The molecule has 0 aromatic carbocycles. The van der Waals surface area contributed by atoms with Gasteiger partial charge in [0.1, 0.15) is 5.82 Å². The van der Waals surface area contributed by atoms with E-state index in [4.69, 9.17) is 12.2 Å². The fourth-order valence-corrected chi connectivity index (χ4v) is 2.21. The van der Waals surface area contributed by atoms with Crippen molar-refractivity contribution in [2.24, 2.45) is 0 Å². The fourth-order valence-electron chi connectivity index (χ4n) is 1.93. The van der Waals surface area contributed by atoms with Gasteiger partial charge in [-0.3, -0.25) is 5.10 Å². The molecule has 0 amide bonds. The molecule has 0 bridgehead atoms. The van der Waals surface area contributed by atoms with E-state index in [0.717, 1.165) is 17.0 Å². The molecule has 1 N–H and O–H groups in total. The van der Waals surface area contributed by atoms with Gasteiger partial charge in [-0.05, 0) is 25.1 Å². The summed E-state index contributed by atoms with van der Waals surface area (Å²) < 4.78 is 2.96. The molecule has 1 aromatic rings. The first kappa shape index (κ1) is 12.4. The molecule has 0 saturated heterocycles. The van der Waals surface area contributed by atoms with Crippen molar-refractivity contribution >= 4 is 12.2 Å². The minimum Gasteiger partial charge on any atom is -0.301 e. The van der Waals surface area contributed by atoms with Gasteiger partial charge >= 0.3 is 0 Å². The summed E-state index contributed by atoms with van der Waals surface area (Å²) in [4.78, 5) is 0. The van der Waals surface area contributed by atoms with Gasteiger partial charge in [0, 0.05) is 12.0 Å². The maximum atomic E-state index is 5.29. The highest BCUT2D eigenvalue weighted by Gasteiger charge is 2.16. The molecule has 15 heavy (non-hydrogen) atoms. The normalized spacial score (nSPS) is 13.4. The lowest BCUT2D eigenvalue weighted by Crippen LogP contribution is -2.12. The van der Waals surface area contributed by atoms with Gasteiger partial charge in [0.25, 0.3) is 0 Å². The van der Waals surface area contributed by atoms with Gasteiger partial charge in [-0.15, -0.1) is 0 Å². The molecule has 1 heterocycles. The summed E-state index contributed by atoms with van der Waals surface area (Å²) >= 11 is 5.29. The Balaban J connectivity index is 3.09. The number of H-pyrrole nitrogens is 1. The van der Waals surface area contributed by atoms with E-state index in [2.05, 4.69) is 42.5 Å². The maximum Gasteiger partial charge on any atom is 0.195 e. The first-order valence-electron chi connectivity index (χ1n) is 5.78. The summed E-state index contributed by atoms with van der Waals surface area (Å²) in [5, 5.41) is 7.22. The van der Waals surface area contributed by atoms with E-state index < -0.39 is 0 Å². The number of aromatic nitrogens is 3. The molecule has 1 unspecified atom stereocenters. The maximum absolute atomic E-state index is 5.29. The lowest BCUT2D eigenvalue weighted by Gasteiger charge is -2.19. The summed E-state index contributed by atoms with van der Waals surface area (Å²) in [5.41, 5.74) is 0. The molecule has 3 nitrogen and oxygen atoms in total. The zero-order valence-corrected chi connectivity index (χ0v) is 10.9. The average Bonchev–Trinajstić information content (AvgIpc) is 2.57. The molecule has 0 radical (unpaired) electrons. The molecule has 1 rings (SSSR count). The van der Waals surface area contributed by atoms with Crippen molar-refractivity contribution in [3.8, 4) is 0 Å². The van der Waals surface area contributed by atoms with Crippen molar-refractivity contribution in [1.29, 1.82) is 0 Å². The molecule has 0 aliphatic heterocycles. The van der Waals surface area contributed by atoms with E-state index in [1.54, 1.807) is 0 Å². The van der Waals surface area contributed by atoms with E-state index in [1.165, 1.54) is 12.8 Å². The molecule has 0 aliphatic rings. The van der Waals surface area contributed by atoms with Crippen LogP contribution in [-0.4, -0.2) is 14.8 Å². The summed E-state index contributed by atoms with van der Waals surface area (Å²) in [7, 11) is 0. The molecule has 1 aromatic heterocycles. The molecule has 0 fully saturated rings. The predicted molar refractivity (Wildman–Crippen MR) is 65.7 cm³/mol. The fraction of sp³-hybridized carbons (Fsp3) is 0.818. The van der Waals surface area contributed by atoms with Crippen molar-refractivity contribution < 1.29 is 0 Å². The zero-order chi connectivity index (χ0) is 11.4. The van der Waals surface area contributed by atoms with Crippen LogP contribution in [0.4, 0.5) is 0 Å². The van der Waals surface area contributed by atoms with Crippen LogP contribution in [0.15, 0.2) is 0 Å². The van der Waals surface area contributed by atoms with Crippen molar-refractivity contribution in [3.63, 3.8) is 0 Å². The third-order valence-corrected chi connectivity index (χ3v) is 2.99. The lowest BCUT2D eigenvalue weighted by molar-refractivity contribution is 0.423. The standard InChI is InChI=1S/C11H21N3S/c1-5-7-9(6-2)14-10(8(3)4)12-13-11(14)15/h8-9H,5-7H2,1-4H3,(H,13,15). The SMILES string of the molecule is CCCC(CC)n1c(C(C)C)n[nH]c1=S. The number of nitrogens with zero attached hydrogens (tertiary/aromatic N) is 2. The van der Waals surface area contributed by atoms with Gasteiger partial charge in [0.05, 0.1) is 0 Å². The second kappa shape index (κ2) is 5.45. The van der Waals surface area contributed by atoms with Gasteiger partial charge in [0.2, 0.25) is 0 Å². The second-order valence-corrected chi connectivity index (χ2v) is 4.65. The van der Waals surface area contributed by atoms with Crippen LogP contribution in [0.5, 0.6) is 0 Å². The number of rotatable bonds is 5. The summed E-state index contributed by atoms with van der Waals surface area (Å²) in [6.45, 7) is 8.72. The molecule has 86 valence electrons. The third-order valence-electron chi connectivity index (χ3n) is 2.71. The molecular weight excluding hydrogens is 206 g/mol. The Morgan fingerprint density at radius 2 is 2.07 bits per heavy atom. The first-order valence-corrected chi connectivity index (χ1v) is 6.19. The van der Waals surface area contributed by atoms with Gasteiger partial charge in [-0.2, -0.15) is 5.10 Å². The van der Waals surface area contributed by atoms with Crippen molar-refractivity contribution in [3.05, 3.63) is 10.6 Å². The molecular formula is C11H21N3S. The highest BCUT2D eigenvalue weighted by Crippen LogP contribution is 2.23. The summed E-state index contributed by atoms with van der Waals surface area (Å²) in [6, 6.07) is 0.499. The van der Waals surface area contributed by atoms with Crippen LogP contribution in [0.25, 0.3) is 0 Å². The van der Waals surface area contributed by atoms with Crippen LogP contribution in [0.2, 0.25) is 0 Å². The first-order chi connectivity index (χ1) is 7.11. The topological polar surface area (TPSA) is 33.6 Å². The van der Waals surface area contributed by atoms with E-state index in [1.807, 2.05) is 0 Å². The molecule has 0 saturated carbocycles. The largest absolute Gasteiger partial charge is 0.301 e. The Morgan fingerprint density at radius 1 is 1.40 bits per heavy atom. The highest BCUT2D eigenvalue weighted by molar-refractivity contribution is 7.71. The van der Waals surface area contributed by atoms with Crippen LogP contribution in [-0.2, 0) is 0 Å². The van der Waals surface area contributed by atoms with Crippen molar-refractivity contribution in [1.82, 2.24) is 14.8 Å². The zero-order valence-electron chi connectivity index (χ0n) is 10.1. The number of aromatic amines is 1. The van der Waals surface area contributed by atoms with E-state index >= 15 is 0 Å². The Kier molecular flexibility index (Phi) is 4.51. The lowest BCUT2D eigenvalue weighted by atomic mass is 10.1. The summed E-state index contributed by atoms with van der Waals surface area (Å²) in [6.07, 6.45) is 3.47. The Bertz CT molecular complexity index is 351. The minimum atomic E-state index is 0.420. The molecule has 4 heteroatoms. The number of nitrogens with one attached hydrogen (secondary N) is 1. The molecule has 0 aliphatic carbocycles. The van der Waals surface area contributed by atoms with Crippen LogP contribution in [0.1, 0.15) is 64.7 Å². The van der Waals surface area contributed by atoms with Gasteiger partial charge in [-0.1, -0.05) is 34.1 Å². The molecule has 1 atom stereocenters. The minimum absolute atomic E-state index is 0.420. The monoisotopic (exact) mass is 227 g/mol. The van der Waals surface area contributed by atoms with E-state index in [0.29, 0.717) is 12.0 Å². The Labute approximate surface area is 96.9 Å².